The zero-order chi connectivity index (χ0) is 20.4. The highest BCUT2D eigenvalue weighted by molar-refractivity contribution is 9.10. The Morgan fingerprint density at radius 3 is 2.72 bits per heavy atom. The number of furan rings is 1. The second-order valence-corrected chi connectivity index (χ2v) is 7.06. The third-order valence-corrected chi connectivity index (χ3v) is 4.98. The number of ether oxygens (including phenoxy) is 1. The summed E-state index contributed by atoms with van der Waals surface area (Å²) in [6.45, 7) is 1.48. The number of rotatable bonds is 6. The van der Waals surface area contributed by atoms with Gasteiger partial charge in [-0.3, -0.25) is 0 Å². The molecule has 0 amide bonds. The highest BCUT2D eigenvalue weighted by atomic mass is 79.9. The molecule has 2 aromatic heterocycles. The van der Waals surface area contributed by atoms with Crippen molar-refractivity contribution in [1.82, 2.24) is 9.97 Å². The van der Waals surface area contributed by atoms with Crippen molar-refractivity contribution in [3.63, 3.8) is 0 Å². The van der Waals surface area contributed by atoms with Gasteiger partial charge in [0.1, 0.15) is 17.9 Å². The number of carbonyl (C=O) groups is 1. The van der Waals surface area contributed by atoms with E-state index in [1.165, 1.54) is 13.3 Å². The smallest absolute Gasteiger partial charge is 0.344 e. The van der Waals surface area contributed by atoms with Gasteiger partial charge in [-0.05, 0) is 35.0 Å². The fraction of sp³-hybridized carbons (Fsp3) is 0.0952. The normalized spacial score (nSPS) is 11.9. The monoisotopic (exact) mass is 453 g/mol. The Morgan fingerprint density at radius 1 is 1.17 bits per heavy atom. The van der Waals surface area contributed by atoms with Gasteiger partial charge in [-0.1, -0.05) is 36.4 Å². The van der Waals surface area contributed by atoms with Crippen molar-refractivity contribution >= 4 is 44.5 Å². The molecule has 2 heterocycles. The first-order chi connectivity index (χ1) is 14.0. The molecule has 4 aromatic rings. The molecule has 2 N–H and O–H groups in total. The van der Waals surface area contributed by atoms with Crippen LogP contribution >= 0.6 is 15.9 Å². The lowest BCUT2D eigenvalue weighted by atomic mass is 10.1. The fourth-order valence-corrected chi connectivity index (χ4v) is 3.48. The van der Waals surface area contributed by atoms with Crippen LogP contribution in [-0.2, 0) is 4.79 Å². The zero-order valence-corrected chi connectivity index (χ0v) is 16.9. The zero-order valence-electron chi connectivity index (χ0n) is 15.3. The summed E-state index contributed by atoms with van der Waals surface area (Å²) in [4.78, 5) is 19.6. The molecular formula is C21H16BrN3O4. The standard InChI is InChI=1S/C21H16BrN3O4/c1-12(21(26)27)28-15-9-5-8-14(10-15)25-19-16-17(22)18(13-6-3-2-4-7-13)29-20(16)24-11-23-19/h2-12H,1H3,(H,26,27)(H,23,24,25). The first-order valence-electron chi connectivity index (χ1n) is 8.78. The number of fused-ring (bicyclic) bond motifs is 1. The Hall–Kier alpha value is -3.39. The topological polar surface area (TPSA) is 97.5 Å². The van der Waals surface area contributed by atoms with Crippen LogP contribution in [0.2, 0.25) is 0 Å². The van der Waals surface area contributed by atoms with Crippen molar-refractivity contribution in [1.29, 1.82) is 0 Å². The predicted octanol–water partition coefficient (Wildman–Crippen LogP) is 5.25. The third-order valence-electron chi connectivity index (χ3n) is 4.22. The second kappa shape index (κ2) is 7.92. The number of halogens is 1. The van der Waals surface area contributed by atoms with Crippen LogP contribution in [-0.4, -0.2) is 27.1 Å². The van der Waals surface area contributed by atoms with E-state index in [0.29, 0.717) is 34.1 Å². The lowest BCUT2D eigenvalue weighted by Crippen LogP contribution is -2.22. The van der Waals surface area contributed by atoms with Gasteiger partial charge < -0.3 is 19.6 Å². The highest BCUT2D eigenvalue weighted by Gasteiger charge is 2.19. The van der Waals surface area contributed by atoms with Crippen LogP contribution in [0, 0.1) is 0 Å². The largest absolute Gasteiger partial charge is 0.479 e. The molecule has 8 heteroatoms. The summed E-state index contributed by atoms with van der Waals surface area (Å²) in [6.07, 6.45) is 0.467. The molecule has 2 aromatic carbocycles. The van der Waals surface area contributed by atoms with Gasteiger partial charge in [-0.15, -0.1) is 0 Å². The minimum absolute atomic E-state index is 0.437. The Bertz CT molecular complexity index is 1180. The number of aromatic nitrogens is 2. The summed E-state index contributed by atoms with van der Waals surface area (Å²) in [5, 5.41) is 13.0. The lowest BCUT2D eigenvalue weighted by Gasteiger charge is -2.12. The molecule has 1 atom stereocenters. The van der Waals surface area contributed by atoms with Gasteiger partial charge in [0.25, 0.3) is 0 Å². The highest BCUT2D eigenvalue weighted by Crippen LogP contribution is 2.40. The van der Waals surface area contributed by atoms with Gasteiger partial charge in [-0.25, -0.2) is 14.8 Å². The first-order valence-corrected chi connectivity index (χ1v) is 9.57. The van der Waals surface area contributed by atoms with Gasteiger partial charge in [0.15, 0.2) is 11.9 Å². The number of benzene rings is 2. The number of aliphatic carboxylic acids is 1. The molecule has 146 valence electrons. The lowest BCUT2D eigenvalue weighted by molar-refractivity contribution is -0.144. The number of hydrogen-bond acceptors (Lipinski definition) is 6. The predicted molar refractivity (Wildman–Crippen MR) is 112 cm³/mol. The van der Waals surface area contributed by atoms with Gasteiger partial charge in [0.05, 0.1) is 9.86 Å². The maximum atomic E-state index is 11.0. The van der Waals surface area contributed by atoms with E-state index in [0.717, 1.165) is 10.0 Å². The number of anilines is 2. The molecule has 0 spiro atoms. The number of hydrogen-bond donors (Lipinski definition) is 2. The molecule has 7 nitrogen and oxygen atoms in total. The van der Waals surface area contributed by atoms with Crippen LogP contribution in [0.5, 0.6) is 5.75 Å². The van der Waals surface area contributed by atoms with Gasteiger partial charge in [0, 0.05) is 17.3 Å². The molecule has 0 saturated carbocycles. The van der Waals surface area contributed by atoms with Crippen LogP contribution in [0.3, 0.4) is 0 Å². The molecule has 0 radical (unpaired) electrons. The SMILES string of the molecule is CC(Oc1cccc(Nc2ncnc3oc(-c4ccccc4)c(Br)c23)c1)C(=O)O. The van der Waals surface area contributed by atoms with Crippen molar-refractivity contribution in [3.05, 3.63) is 65.4 Å². The van der Waals surface area contributed by atoms with Crippen LogP contribution in [0.4, 0.5) is 11.5 Å². The third kappa shape index (κ3) is 3.93. The molecule has 1 unspecified atom stereocenters. The second-order valence-electron chi connectivity index (χ2n) is 6.26. The molecule has 0 aliphatic carbocycles. The van der Waals surface area contributed by atoms with E-state index in [9.17, 15) is 4.79 Å². The Balaban J connectivity index is 1.69. The summed E-state index contributed by atoms with van der Waals surface area (Å²) in [6, 6.07) is 16.7. The number of carboxylic acids is 1. The van der Waals surface area contributed by atoms with E-state index in [-0.39, 0.29) is 0 Å². The Kier molecular flexibility index (Phi) is 5.18. The Labute approximate surface area is 174 Å². The maximum absolute atomic E-state index is 11.0. The van der Waals surface area contributed by atoms with E-state index in [4.69, 9.17) is 14.3 Å². The van der Waals surface area contributed by atoms with Crippen LogP contribution < -0.4 is 10.1 Å². The summed E-state index contributed by atoms with van der Waals surface area (Å²) in [5.74, 6) is 0.621. The number of carboxylic acid groups (broad SMARTS) is 1. The van der Waals surface area contributed by atoms with Crippen LogP contribution in [0.1, 0.15) is 6.92 Å². The fourth-order valence-electron chi connectivity index (χ4n) is 2.81. The average molecular weight is 454 g/mol. The van der Waals surface area contributed by atoms with Gasteiger partial charge >= 0.3 is 5.97 Å². The summed E-state index contributed by atoms with van der Waals surface area (Å²) < 4.78 is 12.1. The van der Waals surface area contributed by atoms with Crippen molar-refractivity contribution in [2.45, 2.75) is 13.0 Å². The number of nitrogens with one attached hydrogen (secondary N) is 1. The summed E-state index contributed by atoms with van der Waals surface area (Å²) >= 11 is 3.61. The molecular weight excluding hydrogens is 438 g/mol. The molecule has 0 aliphatic rings. The van der Waals surface area contributed by atoms with Gasteiger partial charge in [0.2, 0.25) is 5.71 Å². The Morgan fingerprint density at radius 2 is 1.97 bits per heavy atom. The molecule has 0 aliphatic heterocycles. The van der Waals surface area contributed by atoms with Crippen LogP contribution in [0.15, 0.2) is 69.8 Å². The van der Waals surface area contributed by atoms with Gasteiger partial charge in [-0.2, -0.15) is 0 Å². The summed E-state index contributed by atoms with van der Waals surface area (Å²) in [5.41, 5.74) is 2.05. The minimum Gasteiger partial charge on any atom is -0.479 e. The molecule has 0 fully saturated rings. The van der Waals surface area contributed by atoms with Crippen LogP contribution in [0.25, 0.3) is 22.4 Å². The minimum atomic E-state index is -1.03. The molecule has 29 heavy (non-hydrogen) atoms. The van der Waals surface area contributed by atoms with Crippen molar-refractivity contribution < 1.29 is 19.1 Å². The molecule has 0 bridgehead atoms. The van der Waals surface area contributed by atoms with Crippen molar-refractivity contribution in [3.8, 4) is 17.1 Å². The van der Waals surface area contributed by atoms with E-state index in [2.05, 4.69) is 31.2 Å². The van der Waals surface area contributed by atoms with E-state index >= 15 is 0 Å². The summed E-state index contributed by atoms with van der Waals surface area (Å²) in [7, 11) is 0. The quantitative estimate of drug-likeness (QED) is 0.411. The maximum Gasteiger partial charge on any atom is 0.344 e. The average Bonchev–Trinajstić information content (AvgIpc) is 3.06. The first kappa shape index (κ1) is 18.9. The molecule has 4 rings (SSSR count). The van der Waals surface area contributed by atoms with E-state index < -0.39 is 12.1 Å². The van der Waals surface area contributed by atoms with E-state index in [1.807, 2.05) is 36.4 Å². The number of nitrogens with zero attached hydrogens (tertiary/aromatic N) is 2. The van der Waals surface area contributed by atoms with Crippen molar-refractivity contribution in [2.24, 2.45) is 0 Å². The molecule has 0 saturated heterocycles. The van der Waals surface area contributed by atoms with E-state index in [1.54, 1.807) is 18.2 Å². The van der Waals surface area contributed by atoms with Crippen molar-refractivity contribution in [2.75, 3.05) is 5.32 Å².